The number of H-pyrrole nitrogens is 1. The van der Waals surface area contributed by atoms with E-state index in [1.54, 1.807) is 6.92 Å². The first-order chi connectivity index (χ1) is 11.3. The molecule has 0 aliphatic rings. The Morgan fingerprint density at radius 1 is 1.17 bits per heavy atom. The van der Waals surface area contributed by atoms with Crippen molar-refractivity contribution in [3.8, 4) is 11.4 Å². The molecule has 0 aliphatic carbocycles. The number of aromatic hydroxyl groups is 1. The lowest BCUT2D eigenvalue weighted by Gasteiger charge is -2.08. The van der Waals surface area contributed by atoms with Crippen LogP contribution in [0.5, 0.6) is 5.75 Å². The Hall–Kier alpha value is -2.90. The van der Waals surface area contributed by atoms with Crippen LogP contribution in [0.1, 0.15) is 19.4 Å². The van der Waals surface area contributed by atoms with E-state index in [1.807, 2.05) is 13.8 Å². The van der Waals surface area contributed by atoms with Crippen molar-refractivity contribution in [1.82, 2.24) is 9.55 Å². The number of halogens is 3. The second-order valence-corrected chi connectivity index (χ2v) is 4.83. The summed E-state index contributed by atoms with van der Waals surface area (Å²) in [5.74, 6) is -4.56. The number of rotatable bonds is 1. The summed E-state index contributed by atoms with van der Waals surface area (Å²) >= 11 is 0. The number of fused-ring (bicyclic) bond motifs is 1. The molecule has 0 aliphatic heterocycles. The van der Waals surface area contributed by atoms with Crippen LogP contribution in [0.2, 0.25) is 0 Å². The maximum absolute atomic E-state index is 14.1. The van der Waals surface area contributed by atoms with Gasteiger partial charge in [-0.25, -0.2) is 18.0 Å². The minimum Gasteiger partial charge on any atom is -0.504 e. The molecule has 8 heteroatoms. The molecule has 3 rings (SSSR count). The molecule has 0 saturated heterocycles. The van der Waals surface area contributed by atoms with E-state index in [4.69, 9.17) is 5.73 Å². The molecule has 128 valence electrons. The largest absolute Gasteiger partial charge is 0.504 e. The van der Waals surface area contributed by atoms with Gasteiger partial charge in [0.25, 0.3) is 0 Å². The van der Waals surface area contributed by atoms with Crippen molar-refractivity contribution >= 4 is 16.7 Å². The van der Waals surface area contributed by atoms with Crippen LogP contribution < -0.4 is 11.4 Å². The predicted molar refractivity (Wildman–Crippen MR) is 85.9 cm³/mol. The van der Waals surface area contributed by atoms with E-state index in [2.05, 4.69) is 4.98 Å². The molecule has 0 amide bonds. The highest BCUT2D eigenvalue weighted by molar-refractivity contribution is 5.89. The number of nitrogens with one attached hydrogen (secondary N) is 1. The Bertz CT molecular complexity index is 977. The number of nitrogen functional groups attached to an aromatic ring is 1. The van der Waals surface area contributed by atoms with Gasteiger partial charge in [-0.3, -0.25) is 4.57 Å². The number of hydrogen-bond donors (Lipinski definition) is 3. The molecular formula is C16H16F3N3O2. The van der Waals surface area contributed by atoms with E-state index in [-0.39, 0.29) is 5.69 Å². The lowest BCUT2D eigenvalue weighted by Crippen LogP contribution is -2.16. The Labute approximate surface area is 135 Å². The fourth-order valence-corrected chi connectivity index (χ4v) is 2.30. The molecule has 5 nitrogen and oxygen atoms in total. The van der Waals surface area contributed by atoms with Gasteiger partial charge in [0.05, 0.1) is 5.69 Å². The van der Waals surface area contributed by atoms with E-state index in [9.17, 15) is 23.1 Å². The number of aryl methyl sites for hydroxylation is 1. The first-order valence-corrected chi connectivity index (χ1v) is 7.19. The fourth-order valence-electron chi connectivity index (χ4n) is 2.30. The summed E-state index contributed by atoms with van der Waals surface area (Å²) in [4.78, 5) is 14.2. The molecule has 3 aromatic rings. The van der Waals surface area contributed by atoms with Crippen molar-refractivity contribution in [2.75, 3.05) is 5.73 Å². The van der Waals surface area contributed by atoms with Crippen molar-refractivity contribution in [2.45, 2.75) is 20.8 Å². The highest BCUT2D eigenvalue weighted by Gasteiger charge is 2.24. The monoisotopic (exact) mass is 339 g/mol. The molecule has 0 spiro atoms. The van der Waals surface area contributed by atoms with E-state index in [0.717, 1.165) is 6.07 Å². The van der Waals surface area contributed by atoms with Gasteiger partial charge in [0.1, 0.15) is 22.5 Å². The van der Waals surface area contributed by atoms with Gasteiger partial charge in [0.2, 0.25) is 0 Å². The van der Waals surface area contributed by atoms with Gasteiger partial charge in [-0.2, -0.15) is 0 Å². The summed E-state index contributed by atoms with van der Waals surface area (Å²) in [6.07, 6.45) is 0. The number of aromatic amines is 1. The highest BCUT2D eigenvalue weighted by Crippen LogP contribution is 2.35. The molecule has 0 atom stereocenters. The first kappa shape index (κ1) is 17.5. The van der Waals surface area contributed by atoms with Gasteiger partial charge in [0.15, 0.2) is 17.4 Å². The Kier molecular flexibility index (Phi) is 4.59. The van der Waals surface area contributed by atoms with Crippen LogP contribution in [0.4, 0.5) is 18.9 Å². The summed E-state index contributed by atoms with van der Waals surface area (Å²) in [7, 11) is 0. The molecule has 2 aromatic carbocycles. The molecule has 0 unspecified atom stereocenters. The van der Waals surface area contributed by atoms with Gasteiger partial charge in [0, 0.05) is 0 Å². The van der Waals surface area contributed by atoms with Crippen molar-refractivity contribution in [2.24, 2.45) is 0 Å². The minimum atomic E-state index is -1.51. The zero-order valence-electron chi connectivity index (χ0n) is 13.2. The Balaban J connectivity index is 0.00000100. The average Bonchev–Trinajstić information content (AvgIpc) is 2.90. The summed E-state index contributed by atoms with van der Waals surface area (Å²) in [6.45, 7) is 5.64. The number of phenols is 1. The second kappa shape index (κ2) is 6.31. The van der Waals surface area contributed by atoms with E-state index in [1.165, 1.54) is 12.1 Å². The Morgan fingerprint density at radius 3 is 2.38 bits per heavy atom. The quantitative estimate of drug-likeness (QED) is 0.469. The van der Waals surface area contributed by atoms with E-state index >= 15 is 0 Å². The van der Waals surface area contributed by atoms with E-state index in [0.29, 0.717) is 10.1 Å². The first-order valence-electron chi connectivity index (χ1n) is 7.19. The van der Waals surface area contributed by atoms with Crippen LogP contribution in [0.25, 0.3) is 16.7 Å². The van der Waals surface area contributed by atoms with Crippen LogP contribution in [-0.4, -0.2) is 14.7 Å². The predicted octanol–water partition coefficient (Wildman–Crippen LogP) is 3.36. The number of anilines is 1. The molecule has 1 heterocycles. The maximum Gasteiger partial charge on any atom is 0.331 e. The molecular weight excluding hydrogens is 323 g/mol. The van der Waals surface area contributed by atoms with Crippen LogP contribution in [0, 0.1) is 24.4 Å². The standard InChI is InChI=1S/C14H10F3N3O2.C2H6/c1-5-2-3-7(6(15)4-5)20-12-9(17)8(16)10(18)13(21)11(12)19-14(20)22;1-2/h2-4,21H,18H2,1H3,(H,19,22);1-2H3. The van der Waals surface area contributed by atoms with Crippen molar-refractivity contribution in [1.29, 1.82) is 0 Å². The number of nitrogens with two attached hydrogens (primary N) is 1. The molecule has 0 radical (unpaired) electrons. The minimum absolute atomic E-state index is 0.274. The summed E-state index contributed by atoms with van der Waals surface area (Å²) < 4.78 is 42.5. The number of phenolic OH excluding ortho intramolecular Hbond substituents is 1. The number of hydrogen-bond acceptors (Lipinski definition) is 3. The van der Waals surface area contributed by atoms with Crippen LogP contribution in [0.15, 0.2) is 23.0 Å². The molecule has 4 N–H and O–H groups in total. The fraction of sp³-hybridized carbons (Fsp3) is 0.188. The molecule has 0 bridgehead atoms. The van der Waals surface area contributed by atoms with Gasteiger partial charge >= 0.3 is 5.69 Å². The molecule has 0 fully saturated rings. The third-order valence-corrected chi connectivity index (χ3v) is 3.37. The zero-order valence-corrected chi connectivity index (χ0v) is 13.2. The van der Waals surface area contributed by atoms with Crippen molar-refractivity contribution < 1.29 is 18.3 Å². The molecule has 1 aromatic heterocycles. The normalized spacial score (nSPS) is 10.6. The number of aromatic nitrogens is 2. The second-order valence-electron chi connectivity index (χ2n) is 4.83. The van der Waals surface area contributed by atoms with E-state index < -0.39 is 45.6 Å². The smallest absolute Gasteiger partial charge is 0.331 e. The van der Waals surface area contributed by atoms with Crippen LogP contribution in [0.3, 0.4) is 0 Å². The van der Waals surface area contributed by atoms with Gasteiger partial charge in [-0.15, -0.1) is 0 Å². The third kappa shape index (κ3) is 2.49. The summed E-state index contributed by atoms with van der Waals surface area (Å²) in [6, 6.07) is 3.91. The lowest BCUT2D eigenvalue weighted by atomic mass is 10.2. The van der Waals surface area contributed by atoms with Gasteiger partial charge in [-0.1, -0.05) is 19.9 Å². The van der Waals surface area contributed by atoms with Crippen LogP contribution in [-0.2, 0) is 0 Å². The summed E-state index contributed by atoms with van der Waals surface area (Å²) in [5, 5.41) is 9.75. The SMILES string of the molecule is CC.Cc1ccc(-n2c(=O)[nH]c3c(O)c(N)c(F)c(F)c32)c(F)c1. The topological polar surface area (TPSA) is 84.0 Å². The third-order valence-electron chi connectivity index (χ3n) is 3.37. The Morgan fingerprint density at radius 2 is 1.79 bits per heavy atom. The molecule has 24 heavy (non-hydrogen) atoms. The molecule has 0 saturated carbocycles. The highest BCUT2D eigenvalue weighted by atomic mass is 19.2. The number of nitrogens with zero attached hydrogens (tertiary/aromatic N) is 1. The lowest BCUT2D eigenvalue weighted by molar-refractivity contribution is 0.467. The maximum atomic E-state index is 14.1. The zero-order chi connectivity index (χ0) is 18.2. The summed E-state index contributed by atoms with van der Waals surface area (Å²) in [5.41, 5.74) is 2.76. The average molecular weight is 339 g/mol. The number of imidazole rings is 1. The van der Waals surface area contributed by atoms with Gasteiger partial charge < -0.3 is 15.8 Å². The van der Waals surface area contributed by atoms with Crippen molar-refractivity contribution in [3.05, 3.63) is 51.7 Å². The number of benzene rings is 2. The van der Waals surface area contributed by atoms with Crippen molar-refractivity contribution in [3.63, 3.8) is 0 Å². The van der Waals surface area contributed by atoms with Gasteiger partial charge in [-0.05, 0) is 24.6 Å². The van der Waals surface area contributed by atoms with Crippen LogP contribution >= 0.6 is 0 Å².